The number of nitrogens with zero attached hydrogens (tertiary/aromatic N) is 2. The smallest absolute Gasteiger partial charge is 0.252 e. The summed E-state index contributed by atoms with van der Waals surface area (Å²) in [6.07, 6.45) is 6.52. The standard InChI is InChI=1S/C27H22N4OS2/c32-27(29-16-14-20-7-5-17-33-20)23-8-1-2-9-26(23)34-21-11-12-22-24(30-31-25(22)18-21)13-10-19-6-3-4-15-28-19/h1-13,15,17-18H,14,16H2,(H,29,32)(H,30,31). The van der Waals surface area contributed by atoms with E-state index in [-0.39, 0.29) is 5.91 Å². The Bertz CT molecular complexity index is 1430. The average Bonchev–Trinajstić information content (AvgIpc) is 3.53. The van der Waals surface area contributed by atoms with Crippen LogP contribution in [0.1, 0.15) is 26.6 Å². The van der Waals surface area contributed by atoms with E-state index in [4.69, 9.17) is 0 Å². The van der Waals surface area contributed by atoms with Crippen molar-refractivity contribution in [3.63, 3.8) is 0 Å². The highest BCUT2D eigenvalue weighted by Gasteiger charge is 2.13. The fourth-order valence-corrected chi connectivity index (χ4v) is 5.26. The second kappa shape index (κ2) is 10.5. The lowest BCUT2D eigenvalue weighted by Gasteiger charge is -2.10. The molecule has 0 atom stereocenters. The molecule has 0 unspecified atom stereocenters. The lowest BCUT2D eigenvalue weighted by atomic mass is 10.2. The van der Waals surface area contributed by atoms with Gasteiger partial charge in [-0.1, -0.05) is 36.0 Å². The van der Waals surface area contributed by atoms with Crippen LogP contribution in [0, 0.1) is 0 Å². The predicted molar refractivity (Wildman–Crippen MR) is 140 cm³/mol. The highest BCUT2D eigenvalue weighted by atomic mass is 32.2. The molecule has 3 aromatic heterocycles. The van der Waals surface area contributed by atoms with E-state index < -0.39 is 0 Å². The molecule has 0 saturated heterocycles. The molecular weight excluding hydrogens is 460 g/mol. The molecule has 5 aromatic rings. The number of pyridine rings is 1. The second-order valence-corrected chi connectivity index (χ2v) is 9.74. The summed E-state index contributed by atoms with van der Waals surface area (Å²) in [5.74, 6) is -0.0516. The summed E-state index contributed by atoms with van der Waals surface area (Å²) in [4.78, 5) is 20.4. The third-order valence-corrected chi connectivity index (χ3v) is 7.26. The zero-order valence-electron chi connectivity index (χ0n) is 18.3. The van der Waals surface area contributed by atoms with Crippen LogP contribution >= 0.6 is 23.1 Å². The van der Waals surface area contributed by atoms with E-state index in [9.17, 15) is 4.79 Å². The lowest BCUT2D eigenvalue weighted by molar-refractivity contribution is 0.0951. The van der Waals surface area contributed by atoms with Gasteiger partial charge in [0.25, 0.3) is 5.91 Å². The van der Waals surface area contributed by atoms with E-state index in [1.807, 2.05) is 60.7 Å². The van der Waals surface area contributed by atoms with Crippen LogP contribution in [0.15, 0.2) is 94.2 Å². The summed E-state index contributed by atoms with van der Waals surface area (Å²) in [5, 5.41) is 13.7. The highest BCUT2D eigenvalue weighted by Crippen LogP contribution is 2.33. The van der Waals surface area contributed by atoms with Crippen LogP contribution in [0.5, 0.6) is 0 Å². The summed E-state index contributed by atoms with van der Waals surface area (Å²) >= 11 is 3.28. The van der Waals surface area contributed by atoms with Crippen molar-refractivity contribution in [2.75, 3.05) is 6.54 Å². The van der Waals surface area contributed by atoms with Gasteiger partial charge in [0.15, 0.2) is 0 Å². The lowest BCUT2D eigenvalue weighted by Crippen LogP contribution is -2.26. The van der Waals surface area contributed by atoms with E-state index in [1.165, 1.54) is 4.88 Å². The number of hydrogen-bond acceptors (Lipinski definition) is 5. The van der Waals surface area contributed by atoms with Gasteiger partial charge in [-0.15, -0.1) is 11.3 Å². The fraction of sp³-hybridized carbons (Fsp3) is 0.0741. The minimum absolute atomic E-state index is 0.0516. The molecule has 3 heterocycles. The van der Waals surface area contributed by atoms with Crippen LogP contribution in [-0.2, 0) is 6.42 Å². The third kappa shape index (κ3) is 5.27. The molecule has 0 aliphatic rings. The average molecular weight is 483 g/mol. The van der Waals surface area contributed by atoms with Gasteiger partial charge in [0.2, 0.25) is 0 Å². The molecule has 7 heteroatoms. The molecule has 2 N–H and O–H groups in total. The van der Waals surface area contributed by atoms with Crippen molar-refractivity contribution in [2.45, 2.75) is 16.2 Å². The summed E-state index contributed by atoms with van der Waals surface area (Å²) in [7, 11) is 0. The summed E-state index contributed by atoms with van der Waals surface area (Å²) in [5.41, 5.74) is 3.38. The Hall–Kier alpha value is -3.68. The van der Waals surface area contributed by atoms with E-state index in [0.717, 1.165) is 38.5 Å². The van der Waals surface area contributed by atoms with Crippen molar-refractivity contribution >= 4 is 52.1 Å². The molecule has 0 saturated carbocycles. The molecule has 5 rings (SSSR count). The van der Waals surface area contributed by atoms with E-state index in [2.05, 4.69) is 50.1 Å². The Morgan fingerprint density at radius 1 is 1.03 bits per heavy atom. The van der Waals surface area contributed by atoms with Crippen molar-refractivity contribution in [3.05, 3.63) is 106 Å². The Morgan fingerprint density at radius 2 is 1.94 bits per heavy atom. The Kier molecular flexibility index (Phi) is 6.84. The number of aromatic amines is 1. The van der Waals surface area contributed by atoms with Crippen molar-refractivity contribution < 1.29 is 4.79 Å². The van der Waals surface area contributed by atoms with Gasteiger partial charge in [-0.25, -0.2) is 0 Å². The third-order valence-electron chi connectivity index (χ3n) is 5.26. The first kappa shape index (κ1) is 22.1. The van der Waals surface area contributed by atoms with Crippen molar-refractivity contribution in [3.8, 4) is 0 Å². The van der Waals surface area contributed by atoms with Crippen LogP contribution in [-0.4, -0.2) is 27.6 Å². The zero-order chi connectivity index (χ0) is 23.2. The first-order valence-electron chi connectivity index (χ1n) is 10.9. The molecule has 1 amide bonds. The number of carbonyl (C=O) groups excluding carboxylic acids is 1. The zero-order valence-corrected chi connectivity index (χ0v) is 19.9. The van der Waals surface area contributed by atoms with Crippen molar-refractivity contribution in [2.24, 2.45) is 0 Å². The maximum atomic E-state index is 12.8. The quantitative estimate of drug-likeness (QED) is 0.272. The van der Waals surface area contributed by atoms with Crippen LogP contribution in [0.2, 0.25) is 0 Å². The Labute approximate surface area is 206 Å². The predicted octanol–water partition coefficient (Wildman–Crippen LogP) is 6.31. The summed E-state index contributed by atoms with van der Waals surface area (Å²) < 4.78 is 0. The first-order valence-corrected chi connectivity index (χ1v) is 12.6. The molecule has 0 aliphatic heterocycles. The first-order chi connectivity index (χ1) is 16.8. The number of fused-ring (bicyclic) bond motifs is 1. The van der Waals surface area contributed by atoms with Crippen LogP contribution in [0.4, 0.5) is 0 Å². The summed E-state index contributed by atoms with van der Waals surface area (Å²) in [6.45, 7) is 0.618. The number of benzene rings is 2. The van der Waals surface area contributed by atoms with E-state index >= 15 is 0 Å². The Morgan fingerprint density at radius 3 is 2.79 bits per heavy atom. The molecule has 0 radical (unpaired) electrons. The monoisotopic (exact) mass is 482 g/mol. The van der Waals surface area contributed by atoms with Crippen LogP contribution in [0.3, 0.4) is 0 Å². The van der Waals surface area contributed by atoms with Gasteiger partial charge < -0.3 is 5.32 Å². The molecule has 0 aliphatic carbocycles. The van der Waals surface area contributed by atoms with Gasteiger partial charge in [-0.05, 0) is 72.5 Å². The second-order valence-electron chi connectivity index (χ2n) is 7.59. The Balaban J connectivity index is 1.29. The molecule has 2 aromatic carbocycles. The van der Waals surface area contributed by atoms with Gasteiger partial charge in [0.05, 0.1) is 22.5 Å². The van der Waals surface area contributed by atoms with Crippen LogP contribution in [0.25, 0.3) is 23.1 Å². The SMILES string of the molecule is O=C(NCCc1cccs1)c1ccccc1Sc1ccc2c(C=Cc3ccccn3)n[nH]c2c1. The van der Waals surface area contributed by atoms with Gasteiger partial charge in [-0.3, -0.25) is 14.9 Å². The molecule has 168 valence electrons. The van der Waals surface area contributed by atoms with Crippen molar-refractivity contribution in [1.29, 1.82) is 0 Å². The van der Waals surface area contributed by atoms with E-state index in [0.29, 0.717) is 12.1 Å². The molecule has 0 fully saturated rings. The minimum Gasteiger partial charge on any atom is -0.352 e. The molecule has 5 nitrogen and oxygen atoms in total. The largest absolute Gasteiger partial charge is 0.352 e. The van der Waals surface area contributed by atoms with Gasteiger partial charge >= 0.3 is 0 Å². The highest BCUT2D eigenvalue weighted by molar-refractivity contribution is 7.99. The number of amides is 1. The molecule has 34 heavy (non-hydrogen) atoms. The van der Waals surface area contributed by atoms with Gasteiger partial charge in [0, 0.05) is 32.8 Å². The number of carbonyl (C=O) groups is 1. The maximum Gasteiger partial charge on any atom is 0.252 e. The van der Waals surface area contributed by atoms with Gasteiger partial charge in [-0.2, -0.15) is 5.10 Å². The molecule has 0 bridgehead atoms. The van der Waals surface area contributed by atoms with Crippen molar-refractivity contribution in [1.82, 2.24) is 20.5 Å². The van der Waals surface area contributed by atoms with E-state index in [1.54, 1.807) is 29.3 Å². The van der Waals surface area contributed by atoms with Crippen LogP contribution < -0.4 is 5.32 Å². The topological polar surface area (TPSA) is 70.7 Å². The number of hydrogen-bond donors (Lipinski definition) is 2. The number of nitrogens with one attached hydrogen (secondary N) is 2. The number of thiophene rings is 1. The number of aromatic nitrogens is 3. The molecular formula is C27H22N4OS2. The minimum atomic E-state index is -0.0516. The van der Waals surface area contributed by atoms with Gasteiger partial charge in [0.1, 0.15) is 0 Å². The normalized spacial score (nSPS) is 11.3. The summed E-state index contributed by atoms with van der Waals surface area (Å²) in [6, 6.07) is 23.8. The number of H-pyrrole nitrogens is 1. The molecule has 0 spiro atoms. The number of rotatable bonds is 8. The fourth-order valence-electron chi connectivity index (χ4n) is 3.57. The maximum absolute atomic E-state index is 12.8.